The van der Waals surface area contributed by atoms with Crippen LogP contribution in [0.25, 0.3) is 11.1 Å². The van der Waals surface area contributed by atoms with Gasteiger partial charge in [0.05, 0.1) is 5.92 Å². The Balaban J connectivity index is 1.25. The third-order valence-corrected chi connectivity index (χ3v) is 5.96. The number of ether oxygens (including phenoxy) is 1. The zero-order valence-electron chi connectivity index (χ0n) is 17.6. The number of hydrogen-bond acceptors (Lipinski definition) is 6. The molecule has 0 aliphatic carbocycles. The summed E-state index contributed by atoms with van der Waals surface area (Å²) >= 11 is 6.01. The van der Waals surface area contributed by atoms with E-state index in [9.17, 15) is 14.0 Å². The maximum Gasteiger partial charge on any atom is 0.309 e. The second-order valence-electron chi connectivity index (χ2n) is 7.78. The number of oxazole rings is 1. The molecular weight excluding hydrogens is 437 g/mol. The van der Waals surface area contributed by atoms with Crippen LogP contribution in [0.4, 0.5) is 10.4 Å². The number of halogens is 2. The van der Waals surface area contributed by atoms with E-state index in [0.29, 0.717) is 31.9 Å². The molecule has 1 aliphatic heterocycles. The second-order valence-corrected chi connectivity index (χ2v) is 8.19. The van der Waals surface area contributed by atoms with Crippen LogP contribution >= 0.6 is 11.6 Å². The molecule has 0 bridgehead atoms. The van der Waals surface area contributed by atoms with E-state index in [-0.39, 0.29) is 23.0 Å². The van der Waals surface area contributed by atoms with Crippen molar-refractivity contribution in [3.8, 4) is 0 Å². The molecule has 168 valence electrons. The van der Waals surface area contributed by atoms with Gasteiger partial charge in [0.2, 0.25) is 0 Å². The Bertz CT molecular complexity index is 1070. The largest absolute Gasteiger partial charge is 0.455 e. The highest BCUT2D eigenvalue weighted by Crippen LogP contribution is 2.27. The molecule has 0 saturated carbocycles. The van der Waals surface area contributed by atoms with E-state index in [1.807, 2.05) is 29.2 Å². The molecule has 1 fully saturated rings. The van der Waals surface area contributed by atoms with Gasteiger partial charge in [0.15, 0.2) is 12.2 Å². The molecule has 1 saturated heterocycles. The summed E-state index contributed by atoms with van der Waals surface area (Å²) in [5, 5.41) is 0.243. The lowest BCUT2D eigenvalue weighted by Crippen LogP contribution is -2.38. The zero-order chi connectivity index (χ0) is 22.7. The van der Waals surface area contributed by atoms with E-state index < -0.39 is 24.3 Å². The fraction of sp³-hybridized carbons (Fsp3) is 0.348. The molecule has 3 aromatic rings. The topological polar surface area (TPSA) is 75.9 Å². The first-order chi connectivity index (χ1) is 15.4. The van der Waals surface area contributed by atoms with Crippen molar-refractivity contribution in [2.45, 2.75) is 19.4 Å². The Morgan fingerprint density at radius 1 is 1.22 bits per heavy atom. The summed E-state index contributed by atoms with van der Waals surface area (Å²) in [6.07, 6.45) is 1.15. The van der Waals surface area contributed by atoms with Gasteiger partial charge in [-0.15, -0.1) is 0 Å². The Hall–Kier alpha value is -3.13. The van der Waals surface area contributed by atoms with Crippen LogP contribution in [0.1, 0.15) is 18.4 Å². The molecule has 0 atom stereocenters. The van der Waals surface area contributed by atoms with Crippen LogP contribution in [-0.2, 0) is 20.9 Å². The van der Waals surface area contributed by atoms with Crippen LogP contribution in [-0.4, -0.2) is 48.5 Å². The molecule has 32 heavy (non-hydrogen) atoms. The van der Waals surface area contributed by atoms with Gasteiger partial charge < -0.3 is 19.0 Å². The van der Waals surface area contributed by atoms with Crippen molar-refractivity contribution in [3.63, 3.8) is 0 Å². The van der Waals surface area contributed by atoms with Crippen LogP contribution in [0.15, 0.2) is 46.9 Å². The number of carbonyl (C=O) groups is 2. The minimum atomic E-state index is -0.486. The molecule has 0 N–H and O–H groups in total. The zero-order valence-corrected chi connectivity index (χ0v) is 18.3. The van der Waals surface area contributed by atoms with Crippen molar-refractivity contribution in [3.05, 3.63) is 58.9 Å². The first-order valence-corrected chi connectivity index (χ1v) is 10.7. The molecule has 1 aromatic heterocycles. The number of carbonyl (C=O) groups excluding carboxylic acids is 2. The molecule has 0 radical (unpaired) electrons. The van der Waals surface area contributed by atoms with Gasteiger partial charge in [0, 0.05) is 37.3 Å². The fourth-order valence-electron chi connectivity index (χ4n) is 3.67. The molecule has 2 heterocycles. The summed E-state index contributed by atoms with van der Waals surface area (Å²) < 4.78 is 24.9. The van der Waals surface area contributed by atoms with Crippen LogP contribution in [0, 0.1) is 11.7 Å². The first-order valence-electron chi connectivity index (χ1n) is 10.4. The van der Waals surface area contributed by atoms with Gasteiger partial charge in [-0.3, -0.25) is 9.59 Å². The number of nitrogens with zero attached hydrogens (tertiary/aromatic N) is 3. The third-order valence-electron chi connectivity index (χ3n) is 5.60. The number of para-hydroxylation sites is 2. The van der Waals surface area contributed by atoms with Crippen molar-refractivity contribution in [1.82, 2.24) is 9.88 Å². The van der Waals surface area contributed by atoms with E-state index in [2.05, 4.69) is 4.98 Å². The number of amides is 1. The minimum Gasteiger partial charge on any atom is -0.455 e. The third kappa shape index (κ3) is 4.85. The van der Waals surface area contributed by atoms with Gasteiger partial charge in [-0.1, -0.05) is 29.8 Å². The highest BCUT2D eigenvalue weighted by molar-refractivity contribution is 6.31. The summed E-state index contributed by atoms with van der Waals surface area (Å²) in [7, 11) is 1.51. The summed E-state index contributed by atoms with van der Waals surface area (Å²) in [4.78, 5) is 32.6. The molecular formula is C23H23ClFN3O4. The summed E-state index contributed by atoms with van der Waals surface area (Å²) in [6, 6.07) is 12.4. The van der Waals surface area contributed by atoms with Crippen molar-refractivity contribution in [2.24, 2.45) is 5.92 Å². The Kier molecular flexibility index (Phi) is 6.60. The fourth-order valence-corrected chi connectivity index (χ4v) is 3.89. The normalized spacial score (nSPS) is 14.5. The van der Waals surface area contributed by atoms with E-state index in [4.69, 9.17) is 20.8 Å². The van der Waals surface area contributed by atoms with Crippen molar-refractivity contribution in [2.75, 3.05) is 31.6 Å². The Morgan fingerprint density at radius 3 is 2.69 bits per heavy atom. The van der Waals surface area contributed by atoms with E-state index in [1.54, 1.807) is 6.07 Å². The Morgan fingerprint density at radius 2 is 1.97 bits per heavy atom. The Labute approximate surface area is 189 Å². The maximum absolute atomic E-state index is 13.9. The molecule has 0 spiro atoms. The molecule has 2 aromatic carbocycles. The maximum atomic E-state index is 13.9. The van der Waals surface area contributed by atoms with Gasteiger partial charge in [0.1, 0.15) is 11.3 Å². The van der Waals surface area contributed by atoms with Gasteiger partial charge in [-0.05, 0) is 37.1 Å². The number of aromatic nitrogens is 1. The summed E-state index contributed by atoms with van der Waals surface area (Å²) in [5.74, 6) is -1.62. The van der Waals surface area contributed by atoms with Gasteiger partial charge in [0.25, 0.3) is 11.9 Å². The number of rotatable bonds is 6. The number of piperidine rings is 1. The van der Waals surface area contributed by atoms with Crippen LogP contribution in [0.5, 0.6) is 0 Å². The standard InChI is InChI=1S/C23H23ClFN3O4/c1-27(13-16-17(24)5-4-6-18(16)25)21(29)14-31-22(30)15-9-11-28(12-10-15)23-26-19-7-2-3-8-20(19)32-23/h2-8,15H,9-14H2,1H3. The average Bonchev–Trinajstić information content (AvgIpc) is 3.24. The average molecular weight is 460 g/mol. The smallest absolute Gasteiger partial charge is 0.309 e. The van der Waals surface area contributed by atoms with E-state index in [0.717, 1.165) is 11.1 Å². The number of benzene rings is 2. The predicted octanol–water partition coefficient (Wildman–Crippen LogP) is 4.04. The second kappa shape index (κ2) is 9.56. The molecule has 1 aliphatic rings. The number of anilines is 1. The van der Waals surface area contributed by atoms with Crippen molar-refractivity contribution < 1.29 is 23.1 Å². The molecule has 4 rings (SSSR count). The first kappa shape index (κ1) is 22.1. The lowest BCUT2D eigenvalue weighted by Gasteiger charge is -2.29. The molecule has 7 nitrogen and oxygen atoms in total. The van der Waals surface area contributed by atoms with E-state index >= 15 is 0 Å². The highest BCUT2D eigenvalue weighted by Gasteiger charge is 2.29. The number of hydrogen-bond donors (Lipinski definition) is 0. The van der Waals surface area contributed by atoms with Crippen molar-refractivity contribution >= 4 is 40.6 Å². The summed E-state index contributed by atoms with van der Waals surface area (Å²) in [6.45, 7) is 0.802. The lowest BCUT2D eigenvalue weighted by molar-refractivity contribution is -0.155. The van der Waals surface area contributed by atoms with Crippen LogP contribution in [0.3, 0.4) is 0 Å². The minimum absolute atomic E-state index is 0.00915. The van der Waals surface area contributed by atoms with Gasteiger partial charge in [-0.2, -0.15) is 4.98 Å². The number of likely N-dealkylation sites (N-methyl/N-ethyl adjacent to an activating group) is 1. The predicted molar refractivity (Wildman–Crippen MR) is 118 cm³/mol. The van der Waals surface area contributed by atoms with Crippen molar-refractivity contribution in [1.29, 1.82) is 0 Å². The van der Waals surface area contributed by atoms with E-state index in [1.165, 1.54) is 24.1 Å². The molecule has 0 unspecified atom stereocenters. The lowest BCUT2D eigenvalue weighted by atomic mass is 9.97. The monoisotopic (exact) mass is 459 g/mol. The quantitative estimate of drug-likeness (QED) is 0.518. The van der Waals surface area contributed by atoms with Crippen LogP contribution < -0.4 is 4.90 Å². The molecule has 9 heteroatoms. The van der Waals surface area contributed by atoms with Crippen LogP contribution in [0.2, 0.25) is 5.02 Å². The molecule has 1 amide bonds. The van der Waals surface area contributed by atoms with Gasteiger partial charge >= 0.3 is 5.97 Å². The summed E-state index contributed by atoms with van der Waals surface area (Å²) in [5.41, 5.74) is 1.74. The van der Waals surface area contributed by atoms with Gasteiger partial charge in [-0.25, -0.2) is 4.39 Å². The number of fused-ring (bicyclic) bond motifs is 1. The number of esters is 1. The highest BCUT2D eigenvalue weighted by atomic mass is 35.5. The SMILES string of the molecule is CN(Cc1c(F)cccc1Cl)C(=O)COC(=O)C1CCN(c2nc3ccccc3o2)CC1.